The second-order valence-electron chi connectivity index (χ2n) is 9.42. The Morgan fingerprint density at radius 2 is 1.65 bits per heavy atom. The number of imidazole rings is 1. The van der Waals surface area contributed by atoms with Crippen molar-refractivity contribution in [2.45, 2.75) is 25.3 Å². The third-order valence-electron chi connectivity index (χ3n) is 7.12. The molecule has 0 spiro atoms. The molecular weight excluding hydrogens is 490 g/mol. The number of halogens is 4. The van der Waals surface area contributed by atoms with Crippen LogP contribution in [0.25, 0.3) is 16.9 Å². The van der Waals surface area contributed by atoms with E-state index >= 15 is 0 Å². The van der Waals surface area contributed by atoms with Crippen molar-refractivity contribution in [1.29, 1.82) is 0 Å². The molecule has 0 bridgehead atoms. The topological polar surface area (TPSA) is 71.3 Å². The van der Waals surface area contributed by atoms with Crippen LogP contribution in [0.5, 0.6) is 0 Å². The van der Waals surface area contributed by atoms with Gasteiger partial charge in [0.15, 0.2) is 5.82 Å². The minimum atomic E-state index is -2.78. The van der Waals surface area contributed by atoms with Gasteiger partial charge in [-0.05, 0) is 44.0 Å². The maximum Gasteiger partial charge on any atom is 0.296 e. The number of para-hydroxylation sites is 2. The van der Waals surface area contributed by atoms with Gasteiger partial charge in [0, 0.05) is 25.7 Å². The Bertz CT molecular complexity index is 1180. The summed E-state index contributed by atoms with van der Waals surface area (Å²) < 4.78 is 61.0. The number of anilines is 2. The Morgan fingerprint density at radius 1 is 0.946 bits per heavy atom. The van der Waals surface area contributed by atoms with Gasteiger partial charge in [-0.3, -0.25) is 9.47 Å². The first kappa shape index (κ1) is 25.7. The van der Waals surface area contributed by atoms with Crippen molar-refractivity contribution in [2.75, 3.05) is 69.5 Å². The number of likely N-dealkylation sites (tertiary alicyclic amines) is 1. The SMILES string of the molecule is FCC(CF)N1CCC(CNc2nc(N3CCOCC3)cc(-n3c(C(F)F)nc4ccccc43)n2)CC1. The summed E-state index contributed by atoms with van der Waals surface area (Å²) in [6.45, 7) is 2.82. The molecule has 37 heavy (non-hydrogen) atoms. The average molecular weight is 522 g/mol. The Hall–Kier alpha value is -2.99. The van der Waals surface area contributed by atoms with Crippen LogP contribution < -0.4 is 10.2 Å². The maximum atomic E-state index is 14.0. The highest BCUT2D eigenvalue weighted by molar-refractivity contribution is 5.78. The van der Waals surface area contributed by atoms with Gasteiger partial charge in [-0.2, -0.15) is 9.97 Å². The summed E-state index contributed by atoms with van der Waals surface area (Å²) in [4.78, 5) is 17.4. The molecule has 2 aromatic heterocycles. The van der Waals surface area contributed by atoms with E-state index in [-0.39, 0.29) is 11.7 Å². The Kier molecular flexibility index (Phi) is 8.04. The van der Waals surface area contributed by atoms with Crippen LogP contribution >= 0.6 is 0 Å². The van der Waals surface area contributed by atoms with E-state index < -0.39 is 25.8 Å². The van der Waals surface area contributed by atoms with Crippen LogP contribution in [0.1, 0.15) is 25.1 Å². The van der Waals surface area contributed by atoms with Gasteiger partial charge in [-0.1, -0.05) is 12.1 Å². The van der Waals surface area contributed by atoms with Gasteiger partial charge in [0.05, 0.1) is 30.3 Å². The van der Waals surface area contributed by atoms with E-state index in [0.717, 1.165) is 12.8 Å². The van der Waals surface area contributed by atoms with E-state index in [1.165, 1.54) is 4.57 Å². The number of aromatic nitrogens is 4. The zero-order valence-corrected chi connectivity index (χ0v) is 20.5. The van der Waals surface area contributed by atoms with E-state index in [1.807, 2.05) is 9.80 Å². The van der Waals surface area contributed by atoms with Crippen molar-refractivity contribution in [1.82, 2.24) is 24.4 Å². The summed E-state index contributed by atoms with van der Waals surface area (Å²) >= 11 is 0. The summed E-state index contributed by atoms with van der Waals surface area (Å²) in [5.74, 6) is 1.18. The van der Waals surface area contributed by atoms with Crippen LogP contribution in [0.15, 0.2) is 30.3 Å². The highest BCUT2D eigenvalue weighted by Crippen LogP contribution is 2.29. The number of alkyl halides is 4. The van der Waals surface area contributed by atoms with Gasteiger partial charge in [-0.25, -0.2) is 22.5 Å². The third-order valence-corrected chi connectivity index (χ3v) is 7.12. The van der Waals surface area contributed by atoms with Crippen molar-refractivity contribution in [3.63, 3.8) is 0 Å². The number of benzene rings is 1. The van der Waals surface area contributed by atoms with E-state index in [1.54, 1.807) is 30.3 Å². The lowest BCUT2D eigenvalue weighted by Gasteiger charge is -2.35. The summed E-state index contributed by atoms with van der Waals surface area (Å²) in [6, 6.07) is 8.02. The van der Waals surface area contributed by atoms with Gasteiger partial charge in [0.25, 0.3) is 6.43 Å². The van der Waals surface area contributed by atoms with Gasteiger partial charge >= 0.3 is 0 Å². The minimum Gasteiger partial charge on any atom is -0.378 e. The molecule has 0 radical (unpaired) electrons. The quantitative estimate of drug-likeness (QED) is 0.427. The summed E-state index contributed by atoms with van der Waals surface area (Å²) in [6.07, 6.45) is -1.20. The molecule has 3 aromatic rings. The van der Waals surface area contributed by atoms with E-state index in [4.69, 9.17) is 9.72 Å². The predicted octanol–water partition coefficient (Wildman–Crippen LogP) is 4.02. The number of nitrogens with one attached hydrogen (secondary N) is 1. The highest BCUT2D eigenvalue weighted by atomic mass is 19.3. The number of piperidine rings is 1. The maximum absolute atomic E-state index is 14.0. The molecule has 2 aliphatic rings. The number of ether oxygens (including phenoxy) is 1. The molecule has 12 heteroatoms. The van der Waals surface area contributed by atoms with Crippen molar-refractivity contribution in [3.05, 3.63) is 36.2 Å². The molecule has 0 aliphatic carbocycles. The number of hydrogen-bond donors (Lipinski definition) is 1. The molecule has 0 saturated carbocycles. The Balaban J connectivity index is 1.41. The molecule has 0 unspecified atom stereocenters. The Labute approximate surface area is 212 Å². The fourth-order valence-electron chi connectivity index (χ4n) is 5.00. The molecule has 4 heterocycles. The van der Waals surface area contributed by atoms with E-state index in [2.05, 4.69) is 15.3 Å². The highest BCUT2D eigenvalue weighted by Gasteiger charge is 2.26. The number of fused-ring (bicyclic) bond motifs is 1. The average Bonchev–Trinajstić information content (AvgIpc) is 3.34. The van der Waals surface area contributed by atoms with Crippen LogP contribution in [0.3, 0.4) is 0 Å². The Morgan fingerprint density at radius 3 is 2.35 bits per heavy atom. The molecule has 8 nitrogen and oxygen atoms in total. The molecule has 0 atom stereocenters. The summed E-state index contributed by atoms with van der Waals surface area (Å²) in [7, 11) is 0. The van der Waals surface area contributed by atoms with Gasteiger partial charge in [0.1, 0.15) is 25.0 Å². The molecule has 1 aromatic carbocycles. The molecule has 5 rings (SSSR count). The van der Waals surface area contributed by atoms with Gasteiger partial charge < -0.3 is 15.0 Å². The van der Waals surface area contributed by atoms with Crippen molar-refractivity contribution < 1.29 is 22.3 Å². The monoisotopic (exact) mass is 521 g/mol. The molecule has 2 saturated heterocycles. The lowest BCUT2D eigenvalue weighted by Crippen LogP contribution is -2.44. The molecule has 0 amide bonds. The first-order valence-corrected chi connectivity index (χ1v) is 12.6. The van der Waals surface area contributed by atoms with Crippen molar-refractivity contribution >= 4 is 22.8 Å². The largest absolute Gasteiger partial charge is 0.378 e. The number of morpholine rings is 1. The molecule has 1 N–H and O–H groups in total. The van der Waals surface area contributed by atoms with Gasteiger partial charge in [-0.15, -0.1) is 0 Å². The van der Waals surface area contributed by atoms with Crippen LogP contribution in [0, 0.1) is 5.92 Å². The van der Waals surface area contributed by atoms with Crippen LogP contribution in [-0.4, -0.2) is 89.7 Å². The second kappa shape index (κ2) is 11.6. The lowest BCUT2D eigenvalue weighted by molar-refractivity contribution is 0.0984. The van der Waals surface area contributed by atoms with Gasteiger partial charge in [0.2, 0.25) is 5.95 Å². The second-order valence-corrected chi connectivity index (χ2v) is 9.42. The third kappa shape index (κ3) is 5.64. The zero-order chi connectivity index (χ0) is 25.8. The number of rotatable bonds is 9. The van der Waals surface area contributed by atoms with E-state index in [9.17, 15) is 17.6 Å². The fourth-order valence-corrected chi connectivity index (χ4v) is 5.00. The molecule has 2 aliphatic heterocycles. The fraction of sp³-hybridized carbons (Fsp3) is 0.560. The molecule has 200 valence electrons. The molecule has 2 fully saturated rings. The first-order valence-electron chi connectivity index (χ1n) is 12.6. The minimum absolute atomic E-state index is 0.279. The smallest absolute Gasteiger partial charge is 0.296 e. The van der Waals surface area contributed by atoms with Crippen LogP contribution in [0.2, 0.25) is 0 Å². The van der Waals surface area contributed by atoms with Crippen molar-refractivity contribution in [2.24, 2.45) is 5.92 Å². The lowest BCUT2D eigenvalue weighted by atomic mass is 9.96. The number of hydrogen-bond acceptors (Lipinski definition) is 7. The first-order chi connectivity index (χ1) is 18.1. The molecular formula is C25H31F4N7O. The predicted molar refractivity (Wildman–Crippen MR) is 133 cm³/mol. The normalized spacial score (nSPS) is 17.8. The number of nitrogens with zero attached hydrogens (tertiary/aromatic N) is 6. The summed E-state index contributed by atoms with van der Waals surface area (Å²) in [5.41, 5.74) is 1.00. The standard InChI is InChI=1S/C25H31F4N7O/c26-14-18(15-27)34-7-5-17(6-8-34)16-30-25-32-21(35-9-11-37-12-10-35)13-22(33-25)36-20-4-2-1-3-19(20)31-24(36)23(28)29/h1-4,13,17-18,23H,5-12,14-16H2,(H,30,32,33). The van der Waals surface area contributed by atoms with E-state index in [0.29, 0.717) is 74.6 Å². The van der Waals surface area contributed by atoms with Crippen LogP contribution in [0.4, 0.5) is 29.3 Å². The summed E-state index contributed by atoms with van der Waals surface area (Å²) in [5, 5.41) is 3.30. The van der Waals surface area contributed by atoms with Crippen molar-refractivity contribution in [3.8, 4) is 5.82 Å². The van der Waals surface area contributed by atoms with Crippen LogP contribution in [-0.2, 0) is 4.74 Å². The zero-order valence-electron chi connectivity index (χ0n) is 20.5.